The van der Waals surface area contributed by atoms with Crippen LogP contribution in [0.1, 0.15) is 15.9 Å². The van der Waals surface area contributed by atoms with Crippen LogP contribution in [0.2, 0.25) is 0 Å². The molecule has 0 amide bonds. The minimum Gasteiger partial charge on any atom is -0.478 e. The number of aryl methyl sites for hydroxylation is 1. The fourth-order valence-corrected chi connectivity index (χ4v) is 1.82. The van der Waals surface area contributed by atoms with E-state index >= 15 is 0 Å². The van der Waals surface area contributed by atoms with E-state index < -0.39 is 5.97 Å². The molecule has 17 heavy (non-hydrogen) atoms. The number of hydrogen-bond donors (Lipinski definition) is 1. The number of pyridine rings is 1. The molecule has 6 heteroatoms. The fraction of sp³-hybridized carbons (Fsp3) is 0.0909. The summed E-state index contributed by atoms with van der Waals surface area (Å²) >= 11 is 1.23. The number of carboxylic acids is 1. The second-order valence-corrected chi connectivity index (χ2v) is 4.32. The van der Waals surface area contributed by atoms with Gasteiger partial charge in [-0.25, -0.2) is 19.7 Å². The predicted molar refractivity (Wildman–Crippen MR) is 62.1 cm³/mol. The molecule has 0 saturated carbocycles. The standard InChI is InChI=1S/C11H9N3O2S/c1-7-5-13-11(14-6-7)17-9-4-8(10(15)16)2-3-12-9/h2-6H,1H3,(H,15,16). The average molecular weight is 247 g/mol. The van der Waals surface area contributed by atoms with Gasteiger partial charge in [-0.05, 0) is 36.4 Å². The minimum absolute atomic E-state index is 0.203. The molecule has 0 aromatic carbocycles. The predicted octanol–water partition coefficient (Wildman–Crippen LogP) is 2.03. The second-order valence-electron chi connectivity index (χ2n) is 3.33. The Morgan fingerprint density at radius 3 is 2.65 bits per heavy atom. The van der Waals surface area contributed by atoms with Crippen molar-refractivity contribution in [2.75, 3.05) is 0 Å². The Bertz CT molecular complexity index is 543. The van der Waals surface area contributed by atoms with Crippen molar-refractivity contribution in [2.45, 2.75) is 17.1 Å². The van der Waals surface area contributed by atoms with E-state index in [2.05, 4.69) is 15.0 Å². The molecule has 0 spiro atoms. The van der Waals surface area contributed by atoms with E-state index in [0.717, 1.165) is 5.56 Å². The Morgan fingerprint density at radius 2 is 2.00 bits per heavy atom. The molecule has 86 valence electrons. The SMILES string of the molecule is Cc1cnc(Sc2cc(C(=O)O)ccn2)nc1. The molecule has 2 heterocycles. The lowest BCUT2D eigenvalue weighted by Crippen LogP contribution is -1.97. The molecule has 0 radical (unpaired) electrons. The molecule has 0 bridgehead atoms. The Morgan fingerprint density at radius 1 is 1.29 bits per heavy atom. The number of rotatable bonds is 3. The van der Waals surface area contributed by atoms with Crippen molar-refractivity contribution >= 4 is 17.7 Å². The first-order valence-electron chi connectivity index (χ1n) is 4.81. The van der Waals surface area contributed by atoms with Crippen LogP contribution < -0.4 is 0 Å². The molecule has 2 rings (SSSR count). The van der Waals surface area contributed by atoms with Gasteiger partial charge in [-0.15, -0.1) is 0 Å². The van der Waals surface area contributed by atoms with E-state index in [1.807, 2.05) is 6.92 Å². The first kappa shape index (κ1) is 11.5. The van der Waals surface area contributed by atoms with Crippen molar-refractivity contribution < 1.29 is 9.90 Å². The highest BCUT2D eigenvalue weighted by Crippen LogP contribution is 2.22. The van der Waals surface area contributed by atoms with Crippen LogP contribution in [0.3, 0.4) is 0 Å². The van der Waals surface area contributed by atoms with Crippen molar-refractivity contribution in [3.63, 3.8) is 0 Å². The summed E-state index contributed by atoms with van der Waals surface area (Å²) in [7, 11) is 0. The number of hydrogen-bond acceptors (Lipinski definition) is 5. The van der Waals surface area contributed by atoms with E-state index in [9.17, 15) is 4.79 Å². The monoisotopic (exact) mass is 247 g/mol. The molecule has 0 fully saturated rings. The maximum atomic E-state index is 10.8. The summed E-state index contributed by atoms with van der Waals surface area (Å²) in [5, 5.41) is 9.95. The molecule has 0 saturated heterocycles. The molecular formula is C11H9N3O2S. The summed E-state index contributed by atoms with van der Waals surface area (Å²) < 4.78 is 0. The van der Waals surface area contributed by atoms with Crippen molar-refractivity contribution in [3.05, 3.63) is 41.9 Å². The van der Waals surface area contributed by atoms with Crippen LogP contribution in [0.5, 0.6) is 0 Å². The Kier molecular flexibility index (Phi) is 3.34. The summed E-state index contributed by atoms with van der Waals surface area (Å²) in [4.78, 5) is 23.1. The van der Waals surface area contributed by atoms with Gasteiger partial charge in [-0.1, -0.05) is 0 Å². The zero-order valence-electron chi connectivity index (χ0n) is 8.99. The average Bonchev–Trinajstić information content (AvgIpc) is 2.32. The van der Waals surface area contributed by atoms with Gasteiger partial charge in [0.05, 0.1) is 5.56 Å². The summed E-state index contributed by atoms with van der Waals surface area (Å²) in [6, 6.07) is 2.94. The van der Waals surface area contributed by atoms with E-state index in [1.165, 1.54) is 30.1 Å². The molecule has 1 N–H and O–H groups in total. The van der Waals surface area contributed by atoms with Gasteiger partial charge in [0, 0.05) is 18.6 Å². The third-order valence-electron chi connectivity index (χ3n) is 1.93. The number of carboxylic acid groups (broad SMARTS) is 1. The molecule has 2 aromatic rings. The van der Waals surface area contributed by atoms with Gasteiger partial charge in [0.1, 0.15) is 5.03 Å². The third kappa shape index (κ3) is 3.01. The van der Waals surface area contributed by atoms with Crippen molar-refractivity contribution in [3.8, 4) is 0 Å². The van der Waals surface area contributed by atoms with E-state index in [0.29, 0.717) is 10.2 Å². The Labute approximate surface area is 102 Å². The maximum Gasteiger partial charge on any atom is 0.335 e. The highest BCUT2D eigenvalue weighted by atomic mass is 32.2. The van der Waals surface area contributed by atoms with E-state index in [4.69, 9.17) is 5.11 Å². The van der Waals surface area contributed by atoms with Crippen LogP contribution in [-0.4, -0.2) is 26.0 Å². The summed E-state index contributed by atoms with van der Waals surface area (Å²) in [6.45, 7) is 1.90. The number of aromatic carboxylic acids is 1. The normalized spacial score (nSPS) is 10.2. The van der Waals surface area contributed by atoms with Crippen molar-refractivity contribution in [2.24, 2.45) is 0 Å². The number of aromatic nitrogens is 3. The quantitative estimate of drug-likeness (QED) is 0.836. The first-order valence-corrected chi connectivity index (χ1v) is 5.62. The number of nitrogens with zero attached hydrogens (tertiary/aromatic N) is 3. The molecule has 2 aromatic heterocycles. The molecule has 0 atom stereocenters. The van der Waals surface area contributed by atoms with Crippen LogP contribution in [0.4, 0.5) is 0 Å². The van der Waals surface area contributed by atoms with Crippen LogP contribution in [-0.2, 0) is 0 Å². The highest BCUT2D eigenvalue weighted by Gasteiger charge is 2.06. The van der Waals surface area contributed by atoms with Gasteiger partial charge in [-0.2, -0.15) is 0 Å². The summed E-state index contributed by atoms with van der Waals surface area (Å²) in [6.07, 6.45) is 4.87. The van der Waals surface area contributed by atoms with Gasteiger partial charge >= 0.3 is 5.97 Å². The van der Waals surface area contributed by atoms with Crippen molar-refractivity contribution in [1.82, 2.24) is 15.0 Å². The topological polar surface area (TPSA) is 76.0 Å². The molecule has 5 nitrogen and oxygen atoms in total. The van der Waals surface area contributed by atoms with Gasteiger partial charge in [0.15, 0.2) is 5.16 Å². The molecule has 0 aliphatic rings. The molecule has 0 aliphatic heterocycles. The fourth-order valence-electron chi connectivity index (χ4n) is 1.13. The minimum atomic E-state index is -0.973. The summed E-state index contributed by atoms with van der Waals surface area (Å²) in [5.41, 5.74) is 1.18. The maximum absolute atomic E-state index is 10.8. The van der Waals surface area contributed by atoms with E-state index in [1.54, 1.807) is 12.4 Å². The lowest BCUT2D eigenvalue weighted by atomic mass is 10.3. The largest absolute Gasteiger partial charge is 0.478 e. The molecule has 0 unspecified atom stereocenters. The van der Waals surface area contributed by atoms with E-state index in [-0.39, 0.29) is 5.56 Å². The Balaban J connectivity index is 2.21. The van der Waals surface area contributed by atoms with Crippen LogP contribution >= 0.6 is 11.8 Å². The highest BCUT2D eigenvalue weighted by molar-refractivity contribution is 7.99. The molecule has 0 aliphatic carbocycles. The summed E-state index contributed by atoms with van der Waals surface area (Å²) in [5.74, 6) is -0.973. The lowest BCUT2D eigenvalue weighted by molar-refractivity contribution is 0.0696. The zero-order chi connectivity index (χ0) is 12.3. The lowest BCUT2D eigenvalue weighted by Gasteiger charge is -2.00. The first-order chi connectivity index (χ1) is 8.15. The molecular weight excluding hydrogens is 238 g/mol. The smallest absolute Gasteiger partial charge is 0.335 e. The van der Waals surface area contributed by atoms with Crippen LogP contribution in [0, 0.1) is 6.92 Å². The third-order valence-corrected chi connectivity index (χ3v) is 2.76. The van der Waals surface area contributed by atoms with Crippen molar-refractivity contribution in [1.29, 1.82) is 0 Å². The van der Waals surface area contributed by atoms with Gasteiger partial charge in [0.2, 0.25) is 0 Å². The van der Waals surface area contributed by atoms with Gasteiger partial charge in [-0.3, -0.25) is 0 Å². The number of carbonyl (C=O) groups is 1. The van der Waals surface area contributed by atoms with Crippen LogP contribution in [0.15, 0.2) is 40.9 Å². The zero-order valence-corrected chi connectivity index (χ0v) is 9.81. The Hall–Kier alpha value is -1.95. The van der Waals surface area contributed by atoms with Gasteiger partial charge in [0.25, 0.3) is 0 Å². The van der Waals surface area contributed by atoms with Crippen LogP contribution in [0.25, 0.3) is 0 Å². The second kappa shape index (κ2) is 4.92. The van der Waals surface area contributed by atoms with Gasteiger partial charge < -0.3 is 5.11 Å².